The number of hydrogen-bond donors (Lipinski definition) is 0. The summed E-state index contributed by atoms with van der Waals surface area (Å²) in [5, 5.41) is 10.1. The average molecular weight is 815 g/mol. The van der Waals surface area contributed by atoms with Crippen LogP contribution in [0.5, 0.6) is 0 Å². The molecule has 0 atom stereocenters. The standard InChI is InChI=1S/C62H42N2/c1-62(2)56-25-13-10-22-51(56)52-31-29-41(36-57(52)62)58-37-43(39-16-4-3-5-17-39)38-59(63-58)44-32-42(33-45(34-44)64-60-26-14-11-23-53(60)54-24-12-15-27-61(54)64)40-28-30-50-48-20-7-6-18-46(48)47-19-8-9-21-49(47)55(50)35-40/h3-38H,1-2H3. The zero-order valence-corrected chi connectivity index (χ0v) is 35.7. The summed E-state index contributed by atoms with van der Waals surface area (Å²) >= 11 is 0. The molecule has 0 radical (unpaired) electrons. The first-order valence-corrected chi connectivity index (χ1v) is 22.3. The third-order valence-electron chi connectivity index (χ3n) is 13.9. The lowest BCUT2D eigenvalue weighted by Crippen LogP contribution is -2.14. The van der Waals surface area contributed by atoms with Gasteiger partial charge in [-0.15, -0.1) is 0 Å². The van der Waals surface area contributed by atoms with Crippen molar-refractivity contribution in [1.29, 1.82) is 0 Å². The molecular weight excluding hydrogens is 773 g/mol. The zero-order chi connectivity index (χ0) is 42.5. The largest absolute Gasteiger partial charge is 0.309 e. The lowest BCUT2D eigenvalue weighted by molar-refractivity contribution is 0.660. The highest BCUT2D eigenvalue weighted by Crippen LogP contribution is 2.50. The van der Waals surface area contributed by atoms with E-state index in [0.29, 0.717) is 0 Å². The van der Waals surface area contributed by atoms with E-state index in [2.05, 4.69) is 237 Å². The van der Waals surface area contributed by atoms with Crippen molar-refractivity contribution in [3.63, 3.8) is 0 Å². The molecule has 2 nitrogen and oxygen atoms in total. The minimum Gasteiger partial charge on any atom is -0.309 e. The Hall–Kier alpha value is -8.07. The predicted molar refractivity (Wildman–Crippen MR) is 270 cm³/mol. The first kappa shape index (κ1) is 36.6. The van der Waals surface area contributed by atoms with Gasteiger partial charge in [-0.25, -0.2) is 4.98 Å². The minimum atomic E-state index is -0.120. The molecule has 0 saturated heterocycles. The second-order valence-electron chi connectivity index (χ2n) is 17.9. The number of hydrogen-bond acceptors (Lipinski definition) is 1. The van der Waals surface area contributed by atoms with Crippen LogP contribution < -0.4 is 0 Å². The Labute approximate surface area is 372 Å². The molecule has 0 fully saturated rings. The monoisotopic (exact) mass is 814 g/mol. The van der Waals surface area contributed by atoms with E-state index in [1.807, 2.05) is 0 Å². The van der Waals surface area contributed by atoms with Gasteiger partial charge in [-0.3, -0.25) is 0 Å². The van der Waals surface area contributed by atoms with Crippen LogP contribution in [0.25, 0.3) is 116 Å². The summed E-state index contributed by atoms with van der Waals surface area (Å²) in [6.45, 7) is 4.70. The number of aromatic nitrogens is 2. The quantitative estimate of drug-likeness (QED) is 0.158. The number of nitrogens with zero attached hydrogens (tertiary/aromatic N) is 2. The average Bonchev–Trinajstić information content (AvgIpc) is 3.82. The summed E-state index contributed by atoms with van der Waals surface area (Å²) in [5.41, 5.74) is 17.3. The van der Waals surface area contributed by atoms with E-state index in [1.54, 1.807) is 0 Å². The molecule has 0 aliphatic heterocycles. The van der Waals surface area contributed by atoms with Crippen LogP contribution in [-0.4, -0.2) is 9.55 Å². The van der Waals surface area contributed by atoms with E-state index in [9.17, 15) is 0 Å². The van der Waals surface area contributed by atoms with Crippen molar-refractivity contribution in [2.24, 2.45) is 0 Å². The van der Waals surface area contributed by atoms with Gasteiger partial charge >= 0.3 is 0 Å². The van der Waals surface area contributed by atoms with Crippen molar-refractivity contribution in [2.45, 2.75) is 19.3 Å². The summed E-state index contributed by atoms with van der Waals surface area (Å²) in [4.78, 5) is 5.62. The Morgan fingerprint density at radius 2 is 0.812 bits per heavy atom. The highest BCUT2D eigenvalue weighted by Gasteiger charge is 2.35. The lowest BCUT2D eigenvalue weighted by atomic mass is 9.82. The Morgan fingerprint density at radius 1 is 0.312 bits per heavy atom. The van der Waals surface area contributed by atoms with E-state index in [0.717, 1.165) is 50.5 Å². The van der Waals surface area contributed by atoms with E-state index < -0.39 is 0 Å². The molecule has 0 bridgehead atoms. The summed E-state index contributed by atoms with van der Waals surface area (Å²) < 4.78 is 2.43. The Balaban J connectivity index is 1.07. The van der Waals surface area contributed by atoms with Gasteiger partial charge in [0, 0.05) is 33.0 Å². The van der Waals surface area contributed by atoms with Crippen LogP contribution in [0.4, 0.5) is 0 Å². The van der Waals surface area contributed by atoms with Crippen LogP contribution in [0.15, 0.2) is 218 Å². The number of rotatable bonds is 5. The summed E-state index contributed by atoms with van der Waals surface area (Å²) in [6, 6.07) is 80.4. The second kappa shape index (κ2) is 14.0. The van der Waals surface area contributed by atoms with Gasteiger partial charge in [0.05, 0.1) is 22.4 Å². The molecule has 0 saturated carbocycles. The molecule has 2 heterocycles. The fourth-order valence-electron chi connectivity index (χ4n) is 10.8. The maximum atomic E-state index is 5.62. The maximum absolute atomic E-state index is 5.62. The van der Waals surface area contributed by atoms with Crippen molar-refractivity contribution >= 4 is 54.1 Å². The highest BCUT2D eigenvalue weighted by molar-refractivity contribution is 6.25. The molecule has 300 valence electrons. The van der Waals surface area contributed by atoms with Crippen LogP contribution in [-0.2, 0) is 5.41 Å². The van der Waals surface area contributed by atoms with Crippen LogP contribution in [0.3, 0.4) is 0 Å². The third kappa shape index (κ3) is 5.55. The molecule has 0 unspecified atom stereocenters. The summed E-state index contributed by atoms with van der Waals surface area (Å²) in [5.74, 6) is 0. The molecule has 2 aromatic heterocycles. The SMILES string of the molecule is CC1(C)c2ccccc2-c2ccc(-c3cc(-c4ccccc4)cc(-c4cc(-c5ccc6c7ccccc7c7ccccc7c6c5)cc(-n5c6ccccc6c6ccccc65)c4)n3)cc21. The highest BCUT2D eigenvalue weighted by atomic mass is 15.0. The molecule has 1 aliphatic rings. The van der Waals surface area contributed by atoms with E-state index in [-0.39, 0.29) is 5.41 Å². The van der Waals surface area contributed by atoms with Crippen molar-refractivity contribution < 1.29 is 0 Å². The molecule has 10 aromatic carbocycles. The Bertz CT molecular complexity index is 3780. The van der Waals surface area contributed by atoms with Crippen molar-refractivity contribution in [3.8, 4) is 61.6 Å². The molecule has 12 aromatic rings. The molecule has 64 heavy (non-hydrogen) atoms. The first-order chi connectivity index (χ1) is 31.5. The Kier molecular flexibility index (Phi) is 7.98. The molecule has 0 amide bonds. The van der Waals surface area contributed by atoms with Crippen LogP contribution in [0, 0.1) is 0 Å². The summed E-state index contributed by atoms with van der Waals surface area (Å²) in [6.07, 6.45) is 0. The zero-order valence-electron chi connectivity index (χ0n) is 35.7. The second-order valence-corrected chi connectivity index (χ2v) is 17.9. The first-order valence-electron chi connectivity index (χ1n) is 22.3. The summed E-state index contributed by atoms with van der Waals surface area (Å²) in [7, 11) is 0. The Morgan fingerprint density at radius 3 is 1.50 bits per heavy atom. The fraction of sp³-hybridized carbons (Fsp3) is 0.0484. The number of para-hydroxylation sites is 2. The van der Waals surface area contributed by atoms with E-state index >= 15 is 0 Å². The van der Waals surface area contributed by atoms with Gasteiger partial charge in [0.1, 0.15) is 0 Å². The smallest absolute Gasteiger partial charge is 0.0716 e. The van der Waals surface area contributed by atoms with Gasteiger partial charge < -0.3 is 4.57 Å². The van der Waals surface area contributed by atoms with Gasteiger partial charge in [-0.1, -0.05) is 178 Å². The lowest BCUT2D eigenvalue weighted by Gasteiger charge is -2.22. The fourth-order valence-corrected chi connectivity index (χ4v) is 10.8. The van der Waals surface area contributed by atoms with Gasteiger partial charge in [0.2, 0.25) is 0 Å². The molecule has 1 aliphatic carbocycles. The van der Waals surface area contributed by atoms with Crippen molar-refractivity contribution in [3.05, 3.63) is 230 Å². The van der Waals surface area contributed by atoms with Crippen LogP contribution in [0.2, 0.25) is 0 Å². The van der Waals surface area contributed by atoms with Gasteiger partial charge in [0.15, 0.2) is 0 Å². The molecule has 0 N–H and O–H groups in total. The third-order valence-corrected chi connectivity index (χ3v) is 13.9. The van der Waals surface area contributed by atoms with Gasteiger partial charge in [0.25, 0.3) is 0 Å². The number of fused-ring (bicyclic) bond motifs is 12. The molecular formula is C62H42N2. The van der Waals surface area contributed by atoms with Gasteiger partial charge in [-0.2, -0.15) is 0 Å². The predicted octanol–water partition coefficient (Wildman–Crippen LogP) is 16.6. The van der Waals surface area contributed by atoms with Crippen molar-refractivity contribution in [2.75, 3.05) is 0 Å². The molecule has 13 rings (SSSR count). The van der Waals surface area contributed by atoms with Gasteiger partial charge in [-0.05, 0) is 131 Å². The molecule has 0 spiro atoms. The molecule has 2 heteroatoms. The van der Waals surface area contributed by atoms with Crippen molar-refractivity contribution in [1.82, 2.24) is 9.55 Å². The number of benzene rings is 10. The normalized spacial score (nSPS) is 13.0. The van der Waals surface area contributed by atoms with Crippen LogP contribution >= 0.6 is 0 Å². The maximum Gasteiger partial charge on any atom is 0.0716 e. The number of pyridine rings is 1. The van der Waals surface area contributed by atoms with E-state index in [4.69, 9.17) is 4.98 Å². The minimum absolute atomic E-state index is 0.120. The van der Waals surface area contributed by atoms with Crippen LogP contribution in [0.1, 0.15) is 25.0 Å². The van der Waals surface area contributed by atoms with E-state index in [1.165, 1.54) is 76.4 Å². The topological polar surface area (TPSA) is 17.8 Å².